The number of rotatable bonds is 0. The molecule has 0 aliphatic heterocycles. The molecule has 0 aliphatic rings. The van der Waals surface area contributed by atoms with Crippen LogP contribution >= 0.6 is 23.6 Å². The second-order valence-corrected chi connectivity index (χ2v) is 4.06. The van der Waals surface area contributed by atoms with E-state index in [9.17, 15) is 0 Å². The van der Waals surface area contributed by atoms with Crippen molar-refractivity contribution >= 4 is 33.8 Å². The molecule has 0 aliphatic carbocycles. The largest absolute Gasteiger partial charge is 0.336 e. The van der Waals surface area contributed by atoms with Crippen molar-refractivity contribution in [1.29, 1.82) is 0 Å². The van der Waals surface area contributed by atoms with E-state index in [2.05, 4.69) is 9.97 Å². The van der Waals surface area contributed by atoms with Gasteiger partial charge in [-0.05, 0) is 25.2 Å². The Morgan fingerprint density at radius 2 is 2.45 bits per heavy atom. The highest BCUT2D eigenvalue weighted by Gasteiger charge is 1.96. The summed E-state index contributed by atoms with van der Waals surface area (Å²) in [5.74, 6) is 0. The van der Waals surface area contributed by atoms with Gasteiger partial charge in [-0.25, -0.2) is 0 Å². The van der Waals surface area contributed by atoms with Crippen LogP contribution in [0.1, 0.15) is 5.69 Å². The molecule has 2 heterocycles. The Morgan fingerprint density at radius 1 is 1.64 bits per heavy atom. The van der Waals surface area contributed by atoms with Crippen molar-refractivity contribution < 1.29 is 0 Å². The molecule has 0 aromatic carbocycles. The fourth-order valence-electron chi connectivity index (χ4n) is 0.948. The molecule has 0 saturated carbocycles. The fourth-order valence-corrected chi connectivity index (χ4v) is 2.13. The molecule has 2 nitrogen and oxygen atoms in total. The number of fused-ring (bicyclic) bond motifs is 1. The molecule has 11 heavy (non-hydrogen) atoms. The molecule has 0 atom stereocenters. The van der Waals surface area contributed by atoms with Crippen LogP contribution in [-0.4, -0.2) is 9.97 Å². The van der Waals surface area contributed by atoms with Crippen LogP contribution in [0.15, 0.2) is 12.3 Å². The standard InChI is InChI=1S/C7H6N2S2/c1-4-2-6-5(3-8-4)9-7(10)11-6/h2-3H,1H3,(H,9,10). The third-order valence-electron chi connectivity index (χ3n) is 1.44. The van der Waals surface area contributed by atoms with Crippen LogP contribution in [0.3, 0.4) is 0 Å². The van der Waals surface area contributed by atoms with Crippen molar-refractivity contribution in [2.75, 3.05) is 0 Å². The Kier molecular flexibility index (Phi) is 1.51. The summed E-state index contributed by atoms with van der Waals surface area (Å²) < 4.78 is 2.00. The third kappa shape index (κ3) is 1.19. The number of nitrogens with zero attached hydrogens (tertiary/aromatic N) is 1. The lowest BCUT2D eigenvalue weighted by Crippen LogP contribution is -1.77. The zero-order valence-electron chi connectivity index (χ0n) is 5.92. The van der Waals surface area contributed by atoms with E-state index >= 15 is 0 Å². The maximum Gasteiger partial charge on any atom is 0.159 e. The molecule has 2 rings (SSSR count). The number of aryl methyl sites for hydroxylation is 1. The predicted octanol–water partition coefficient (Wildman–Crippen LogP) is 2.66. The van der Waals surface area contributed by atoms with Crippen LogP contribution < -0.4 is 0 Å². The van der Waals surface area contributed by atoms with E-state index in [1.807, 2.05) is 19.2 Å². The molecule has 0 amide bonds. The summed E-state index contributed by atoms with van der Waals surface area (Å²) in [5.41, 5.74) is 2.06. The minimum Gasteiger partial charge on any atom is -0.336 e. The minimum atomic E-state index is 0.812. The van der Waals surface area contributed by atoms with Gasteiger partial charge in [-0.2, -0.15) is 0 Å². The maximum absolute atomic E-state index is 4.99. The monoisotopic (exact) mass is 182 g/mol. The third-order valence-corrected chi connectivity index (χ3v) is 2.64. The highest BCUT2D eigenvalue weighted by molar-refractivity contribution is 7.73. The van der Waals surface area contributed by atoms with Gasteiger partial charge in [-0.1, -0.05) is 0 Å². The Morgan fingerprint density at radius 3 is 3.27 bits per heavy atom. The number of nitrogens with one attached hydrogen (secondary N) is 1. The summed E-state index contributed by atoms with van der Waals surface area (Å²) in [6.07, 6.45) is 1.82. The van der Waals surface area contributed by atoms with Crippen molar-refractivity contribution in [3.63, 3.8) is 0 Å². The lowest BCUT2D eigenvalue weighted by atomic mass is 10.4. The smallest absolute Gasteiger partial charge is 0.159 e. The van der Waals surface area contributed by atoms with Gasteiger partial charge in [0.15, 0.2) is 3.95 Å². The van der Waals surface area contributed by atoms with Crippen LogP contribution in [0, 0.1) is 10.9 Å². The Balaban J connectivity index is 2.92. The van der Waals surface area contributed by atoms with E-state index < -0.39 is 0 Å². The number of pyridine rings is 1. The van der Waals surface area contributed by atoms with Gasteiger partial charge >= 0.3 is 0 Å². The average molecular weight is 182 g/mol. The van der Waals surface area contributed by atoms with E-state index in [0.29, 0.717) is 0 Å². The Hall–Kier alpha value is -0.740. The van der Waals surface area contributed by atoms with E-state index in [1.54, 1.807) is 11.3 Å². The lowest BCUT2D eigenvalue weighted by Gasteiger charge is -1.88. The topological polar surface area (TPSA) is 28.7 Å². The second-order valence-electron chi connectivity index (χ2n) is 2.34. The van der Waals surface area contributed by atoms with Gasteiger partial charge < -0.3 is 4.98 Å². The number of hydrogen-bond acceptors (Lipinski definition) is 3. The first-order chi connectivity index (χ1) is 5.25. The normalized spacial score (nSPS) is 10.6. The van der Waals surface area contributed by atoms with Crippen molar-refractivity contribution in [2.24, 2.45) is 0 Å². The molecular formula is C7H6N2S2. The van der Waals surface area contributed by atoms with Gasteiger partial charge in [0, 0.05) is 5.69 Å². The maximum atomic E-state index is 4.99. The molecular weight excluding hydrogens is 176 g/mol. The van der Waals surface area contributed by atoms with E-state index in [-0.39, 0.29) is 0 Å². The summed E-state index contributed by atoms with van der Waals surface area (Å²) in [6, 6.07) is 2.03. The minimum absolute atomic E-state index is 0.812. The van der Waals surface area contributed by atoms with Gasteiger partial charge in [0.05, 0.1) is 16.4 Å². The number of H-pyrrole nitrogens is 1. The van der Waals surface area contributed by atoms with Crippen molar-refractivity contribution in [3.8, 4) is 0 Å². The van der Waals surface area contributed by atoms with Gasteiger partial charge in [-0.3, -0.25) is 4.98 Å². The molecule has 0 fully saturated rings. The molecule has 0 saturated heterocycles. The molecule has 56 valence electrons. The summed E-state index contributed by atoms with van der Waals surface area (Å²) in [6.45, 7) is 1.97. The summed E-state index contributed by atoms with van der Waals surface area (Å²) in [5, 5.41) is 0. The lowest BCUT2D eigenvalue weighted by molar-refractivity contribution is 1.22. The molecule has 0 spiro atoms. The van der Waals surface area contributed by atoms with Crippen molar-refractivity contribution in [3.05, 3.63) is 21.9 Å². The highest BCUT2D eigenvalue weighted by Crippen LogP contribution is 2.18. The van der Waals surface area contributed by atoms with Crippen molar-refractivity contribution in [2.45, 2.75) is 6.92 Å². The quantitative estimate of drug-likeness (QED) is 0.634. The zero-order valence-corrected chi connectivity index (χ0v) is 7.55. The first kappa shape index (κ1) is 6.94. The highest BCUT2D eigenvalue weighted by atomic mass is 32.1. The first-order valence-corrected chi connectivity index (χ1v) is 4.43. The van der Waals surface area contributed by atoms with Gasteiger partial charge in [0.2, 0.25) is 0 Å². The molecule has 4 heteroatoms. The first-order valence-electron chi connectivity index (χ1n) is 3.21. The van der Waals surface area contributed by atoms with Gasteiger partial charge in [-0.15, -0.1) is 11.3 Å². The summed E-state index contributed by atoms with van der Waals surface area (Å²) in [4.78, 5) is 7.21. The van der Waals surface area contributed by atoms with E-state index in [0.717, 1.165) is 15.2 Å². The average Bonchev–Trinajstić information content (AvgIpc) is 2.27. The van der Waals surface area contributed by atoms with Gasteiger partial charge in [0.25, 0.3) is 0 Å². The number of aromatic nitrogens is 2. The Bertz CT molecular complexity index is 441. The van der Waals surface area contributed by atoms with Gasteiger partial charge in [0.1, 0.15) is 0 Å². The zero-order chi connectivity index (χ0) is 7.84. The molecule has 2 aromatic heterocycles. The molecule has 0 radical (unpaired) electrons. The van der Waals surface area contributed by atoms with Crippen LogP contribution in [0.25, 0.3) is 10.2 Å². The number of hydrogen-bond donors (Lipinski definition) is 1. The second kappa shape index (κ2) is 2.39. The fraction of sp³-hybridized carbons (Fsp3) is 0.143. The van der Waals surface area contributed by atoms with Crippen LogP contribution in [0.5, 0.6) is 0 Å². The van der Waals surface area contributed by atoms with Crippen LogP contribution in [-0.2, 0) is 0 Å². The Labute approximate surface area is 72.9 Å². The van der Waals surface area contributed by atoms with E-state index in [4.69, 9.17) is 12.2 Å². The number of aromatic amines is 1. The molecule has 0 bridgehead atoms. The summed E-state index contributed by atoms with van der Waals surface area (Å²) >= 11 is 6.58. The van der Waals surface area contributed by atoms with E-state index in [1.165, 1.54) is 4.70 Å². The number of thiazole rings is 1. The SMILES string of the molecule is Cc1cc2sc(=S)[nH]c2cn1. The van der Waals surface area contributed by atoms with Crippen molar-refractivity contribution in [1.82, 2.24) is 9.97 Å². The predicted molar refractivity (Wildman–Crippen MR) is 49.5 cm³/mol. The van der Waals surface area contributed by atoms with Crippen LogP contribution in [0.2, 0.25) is 0 Å². The molecule has 0 unspecified atom stereocenters. The molecule has 2 aromatic rings. The molecule has 1 N–H and O–H groups in total. The summed E-state index contributed by atoms with van der Waals surface area (Å²) in [7, 11) is 0. The van der Waals surface area contributed by atoms with Crippen LogP contribution in [0.4, 0.5) is 0 Å².